The number of nitrogens with one attached hydrogen (secondary N) is 3. The third-order valence-corrected chi connectivity index (χ3v) is 4.60. The van der Waals surface area contributed by atoms with Gasteiger partial charge in [-0.3, -0.25) is 24.2 Å². The Morgan fingerprint density at radius 3 is 2.54 bits per heavy atom. The van der Waals surface area contributed by atoms with E-state index >= 15 is 0 Å². The van der Waals surface area contributed by atoms with Crippen molar-refractivity contribution < 1.29 is 29.0 Å². The van der Waals surface area contributed by atoms with E-state index in [1.54, 1.807) is 12.1 Å². The van der Waals surface area contributed by atoms with Crippen molar-refractivity contribution in [1.82, 2.24) is 25.3 Å². The molecule has 0 bridgehead atoms. The van der Waals surface area contributed by atoms with Gasteiger partial charge in [0.15, 0.2) is 11.2 Å². The van der Waals surface area contributed by atoms with E-state index in [4.69, 9.17) is 5.73 Å². The molecule has 1 atom stereocenters. The van der Waals surface area contributed by atoms with Crippen LogP contribution in [0.25, 0.3) is 11.2 Å². The topological polar surface area (TPSA) is 219 Å². The number of benzene rings is 1. The molecule has 14 heteroatoms. The second-order valence-electron chi connectivity index (χ2n) is 7.28. The molecule has 3 aromatic rings. The highest BCUT2D eigenvalue weighted by atomic mass is 16.6. The number of hydrogen-bond acceptors (Lipinski definition) is 11. The Kier molecular flexibility index (Phi) is 7.66. The van der Waals surface area contributed by atoms with Crippen molar-refractivity contribution in [2.45, 2.75) is 32.4 Å². The molecule has 0 saturated heterocycles. The first-order chi connectivity index (χ1) is 16.6. The minimum absolute atomic E-state index is 0.0491. The first-order valence-electron chi connectivity index (χ1n) is 10.2. The van der Waals surface area contributed by atoms with E-state index < -0.39 is 35.4 Å². The Labute approximate surface area is 196 Å². The predicted octanol–water partition coefficient (Wildman–Crippen LogP) is -0.0397. The Bertz CT molecular complexity index is 1340. The number of nitrogens with two attached hydrogens (primary N) is 1. The second-order valence-corrected chi connectivity index (χ2v) is 7.28. The largest absolute Gasteiger partial charge is 0.480 e. The monoisotopic (exact) mass is 483 g/mol. The number of aromatic nitrogens is 4. The van der Waals surface area contributed by atoms with Gasteiger partial charge in [-0.05, 0) is 30.7 Å². The molecule has 0 aliphatic heterocycles. The lowest BCUT2D eigenvalue weighted by Gasteiger charge is -2.14. The number of carboxylic acid groups (broad SMARTS) is 1. The van der Waals surface area contributed by atoms with Gasteiger partial charge in [0.2, 0.25) is 5.95 Å². The van der Waals surface area contributed by atoms with Gasteiger partial charge in [-0.1, -0.05) is 0 Å². The number of amides is 1. The zero-order chi connectivity index (χ0) is 25.5. The third-order valence-electron chi connectivity index (χ3n) is 4.60. The number of anilines is 2. The number of aliphatic carboxylic acids is 1. The van der Waals surface area contributed by atoms with Gasteiger partial charge in [-0.2, -0.15) is 4.98 Å². The van der Waals surface area contributed by atoms with Gasteiger partial charge in [0, 0.05) is 24.6 Å². The van der Waals surface area contributed by atoms with Gasteiger partial charge in [0.05, 0.1) is 18.4 Å². The summed E-state index contributed by atoms with van der Waals surface area (Å²) in [6, 6.07) is 4.80. The number of fused-ring (bicyclic) bond motifs is 1. The standard InChI is InChI=1S/C21H21N7O7/c1-10(29)35-15(30)7-6-14(20(33)34)26-18(31)11-2-4-12(5-3-11)23-8-13-9-24-17-16(25-13)19(32)28-21(22)27-17/h2-5,9,14,23H,6-8H2,1H3,(H,26,31)(H,33,34)(H3,22,24,27,28,32). The highest BCUT2D eigenvalue weighted by molar-refractivity contribution is 5.97. The van der Waals surface area contributed by atoms with Crippen LogP contribution in [0.5, 0.6) is 0 Å². The zero-order valence-electron chi connectivity index (χ0n) is 18.4. The molecule has 0 spiro atoms. The van der Waals surface area contributed by atoms with Crippen LogP contribution < -0.4 is 21.9 Å². The molecule has 0 aliphatic rings. The summed E-state index contributed by atoms with van der Waals surface area (Å²) in [5.41, 5.74) is 6.42. The van der Waals surface area contributed by atoms with Gasteiger partial charge < -0.3 is 26.2 Å². The van der Waals surface area contributed by atoms with Crippen LogP contribution >= 0.6 is 0 Å². The van der Waals surface area contributed by atoms with E-state index in [2.05, 4.69) is 35.3 Å². The van der Waals surface area contributed by atoms with E-state index in [9.17, 15) is 29.1 Å². The van der Waals surface area contributed by atoms with E-state index in [1.807, 2.05) is 0 Å². The molecule has 2 aromatic heterocycles. The zero-order valence-corrected chi connectivity index (χ0v) is 18.4. The van der Waals surface area contributed by atoms with Crippen molar-refractivity contribution in [2.75, 3.05) is 11.1 Å². The van der Waals surface area contributed by atoms with Crippen molar-refractivity contribution in [3.8, 4) is 0 Å². The van der Waals surface area contributed by atoms with Crippen molar-refractivity contribution >= 4 is 46.6 Å². The lowest BCUT2D eigenvalue weighted by Crippen LogP contribution is -2.41. The fourth-order valence-corrected chi connectivity index (χ4v) is 2.96. The van der Waals surface area contributed by atoms with Gasteiger partial charge in [-0.25, -0.2) is 14.8 Å². The summed E-state index contributed by atoms with van der Waals surface area (Å²) in [6.45, 7) is 1.27. The number of nitrogens with zero attached hydrogens (tertiary/aromatic N) is 3. The van der Waals surface area contributed by atoms with Crippen molar-refractivity contribution in [1.29, 1.82) is 0 Å². The molecule has 1 aromatic carbocycles. The van der Waals surface area contributed by atoms with Crippen molar-refractivity contribution in [3.05, 3.63) is 52.1 Å². The summed E-state index contributed by atoms with van der Waals surface area (Å²) in [4.78, 5) is 72.5. The number of carbonyl (C=O) groups is 4. The van der Waals surface area contributed by atoms with Crippen LogP contribution in [0.1, 0.15) is 35.8 Å². The number of H-pyrrole nitrogens is 1. The minimum atomic E-state index is -1.35. The van der Waals surface area contributed by atoms with Crippen LogP contribution in [-0.4, -0.2) is 54.9 Å². The van der Waals surface area contributed by atoms with Gasteiger partial charge in [-0.15, -0.1) is 0 Å². The number of esters is 2. The SMILES string of the molecule is CC(=O)OC(=O)CCC(NC(=O)c1ccc(NCc2cnc3nc(N)[nH]c(=O)c3n2)cc1)C(=O)O. The number of nitrogen functional groups attached to an aromatic ring is 1. The molecule has 6 N–H and O–H groups in total. The fraction of sp³-hybridized carbons (Fsp3) is 0.238. The average Bonchev–Trinajstić information content (AvgIpc) is 2.80. The van der Waals surface area contributed by atoms with E-state index in [0.717, 1.165) is 6.92 Å². The summed E-state index contributed by atoms with van der Waals surface area (Å²) in [6.07, 6.45) is 0.846. The molecule has 0 aliphatic carbocycles. The first-order valence-corrected chi connectivity index (χ1v) is 10.2. The predicted molar refractivity (Wildman–Crippen MR) is 121 cm³/mol. The van der Waals surface area contributed by atoms with Crippen molar-refractivity contribution in [3.63, 3.8) is 0 Å². The Morgan fingerprint density at radius 2 is 1.89 bits per heavy atom. The Morgan fingerprint density at radius 1 is 1.17 bits per heavy atom. The second kappa shape index (κ2) is 10.8. The van der Waals surface area contributed by atoms with Crippen LogP contribution in [0, 0.1) is 0 Å². The number of carbonyl (C=O) groups excluding carboxylic acids is 3. The molecule has 14 nitrogen and oxygen atoms in total. The molecule has 0 radical (unpaired) electrons. The van der Waals surface area contributed by atoms with E-state index in [-0.39, 0.29) is 42.1 Å². The molecule has 1 amide bonds. The van der Waals surface area contributed by atoms with Crippen LogP contribution in [0.15, 0.2) is 35.3 Å². The number of carboxylic acids is 1. The lowest BCUT2D eigenvalue weighted by molar-refractivity contribution is -0.158. The van der Waals surface area contributed by atoms with Crippen LogP contribution in [0.2, 0.25) is 0 Å². The van der Waals surface area contributed by atoms with Crippen LogP contribution in [0.4, 0.5) is 11.6 Å². The average molecular weight is 483 g/mol. The van der Waals surface area contributed by atoms with E-state index in [0.29, 0.717) is 11.4 Å². The molecule has 182 valence electrons. The maximum atomic E-state index is 12.4. The first kappa shape index (κ1) is 24.8. The third kappa shape index (κ3) is 6.80. The smallest absolute Gasteiger partial charge is 0.326 e. The quantitative estimate of drug-likeness (QED) is 0.200. The molecule has 3 rings (SSSR count). The van der Waals surface area contributed by atoms with Gasteiger partial charge in [0.1, 0.15) is 6.04 Å². The Hall–Kier alpha value is -4.88. The summed E-state index contributed by atoms with van der Waals surface area (Å²) in [7, 11) is 0. The normalized spacial score (nSPS) is 11.5. The molecular weight excluding hydrogens is 462 g/mol. The number of rotatable bonds is 9. The van der Waals surface area contributed by atoms with E-state index in [1.165, 1.54) is 18.3 Å². The number of hydrogen-bond donors (Lipinski definition) is 5. The molecule has 0 fully saturated rings. The number of aromatic amines is 1. The molecule has 1 unspecified atom stereocenters. The van der Waals surface area contributed by atoms with Gasteiger partial charge in [0.25, 0.3) is 11.5 Å². The molecular formula is C21H21N7O7. The summed E-state index contributed by atoms with van der Waals surface area (Å²) in [5, 5.41) is 14.7. The maximum absolute atomic E-state index is 12.4. The highest BCUT2D eigenvalue weighted by Gasteiger charge is 2.22. The Balaban J connectivity index is 1.58. The number of ether oxygens (including phenoxy) is 1. The molecule has 0 saturated carbocycles. The lowest BCUT2D eigenvalue weighted by atomic mass is 10.1. The van der Waals surface area contributed by atoms with Crippen LogP contribution in [0.3, 0.4) is 0 Å². The maximum Gasteiger partial charge on any atom is 0.326 e. The minimum Gasteiger partial charge on any atom is -0.480 e. The molecule has 2 heterocycles. The van der Waals surface area contributed by atoms with Crippen molar-refractivity contribution in [2.24, 2.45) is 0 Å². The fourth-order valence-electron chi connectivity index (χ4n) is 2.96. The highest BCUT2D eigenvalue weighted by Crippen LogP contribution is 2.12. The summed E-state index contributed by atoms with van der Waals surface area (Å²) >= 11 is 0. The van der Waals surface area contributed by atoms with Gasteiger partial charge >= 0.3 is 17.9 Å². The molecule has 35 heavy (non-hydrogen) atoms. The van der Waals surface area contributed by atoms with Crippen LogP contribution in [-0.2, 0) is 25.7 Å². The summed E-state index contributed by atoms with van der Waals surface area (Å²) in [5.74, 6) is -3.73. The summed E-state index contributed by atoms with van der Waals surface area (Å²) < 4.78 is 4.35.